The molecule has 22 heavy (non-hydrogen) atoms. The second-order valence-electron chi connectivity index (χ2n) is 4.96. The number of nitrogens with zero attached hydrogens (tertiary/aromatic N) is 1. The molecule has 1 amide bonds. The van der Waals surface area contributed by atoms with Crippen molar-refractivity contribution in [2.75, 3.05) is 20.3 Å². The third-order valence-corrected chi connectivity index (χ3v) is 3.57. The van der Waals surface area contributed by atoms with E-state index in [0.29, 0.717) is 19.7 Å². The Balaban J connectivity index is 1.86. The number of amides is 1. The molecule has 0 spiro atoms. The maximum Gasteiger partial charge on any atom is 0.270 e. The molecule has 0 radical (unpaired) electrons. The van der Waals surface area contributed by atoms with E-state index in [0.717, 1.165) is 11.3 Å². The van der Waals surface area contributed by atoms with Crippen molar-refractivity contribution in [2.24, 2.45) is 0 Å². The van der Waals surface area contributed by atoms with E-state index < -0.39 is 0 Å². The fourth-order valence-corrected chi connectivity index (χ4v) is 2.41. The summed E-state index contributed by atoms with van der Waals surface area (Å²) in [5.74, 6) is 0.738. The first-order chi connectivity index (χ1) is 10.7. The van der Waals surface area contributed by atoms with Crippen LogP contribution in [-0.2, 0) is 6.54 Å². The Bertz CT molecular complexity index is 754. The van der Waals surface area contributed by atoms with Crippen LogP contribution in [0, 0.1) is 0 Å². The summed E-state index contributed by atoms with van der Waals surface area (Å²) in [6.45, 7) is 1.33. The van der Waals surface area contributed by atoms with E-state index in [1.165, 1.54) is 19.4 Å². The molecule has 0 saturated carbocycles. The van der Waals surface area contributed by atoms with Crippen LogP contribution in [0.2, 0.25) is 0 Å². The number of benzene rings is 1. The van der Waals surface area contributed by atoms with Gasteiger partial charge < -0.3 is 19.4 Å². The minimum atomic E-state index is -0.323. The van der Waals surface area contributed by atoms with Crippen molar-refractivity contribution in [3.8, 4) is 11.5 Å². The van der Waals surface area contributed by atoms with E-state index >= 15 is 0 Å². The second kappa shape index (κ2) is 5.93. The van der Waals surface area contributed by atoms with Gasteiger partial charge in [0, 0.05) is 24.4 Å². The van der Waals surface area contributed by atoms with Crippen LogP contribution in [0.1, 0.15) is 16.1 Å². The quantitative estimate of drug-likeness (QED) is 0.910. The van der Waals surface area contributed by atoms with E-state index in [2.05, 4.69) is 4.98 Å². The summed E-state index contributed by atoms with van der Waals surface area (Å²) in [6, 6.07) is 8.89. The predicted octanol–water partition coefficient (Wildman–Crippen LogP) is 1.42. The number of hydrogen-bond donors (Lipinski definition) is 1. The van der Waals surface area contributed by atoms with Crippen molar-refractivity contribution < 1.29 is 14.3 Å². The largest absolute Gasteiger partial charge is 0.491 e. The number of aromatic nitrogens is 1. The summed E-state index contributed by atoms with van der Waals surface area (Å²) < 4.78 is 10.5. The molecule has 1 N–H and O–H groups in total. The number of nitrogens with one attached hydrogen (secondary N) is 1. The predicted molar refractivity (Wildman–Crippen MR) is 80.3 cm³/mol. The first-order valence-corrected chi connectivity index (χ1v) is 6.96. The zero-order valence-electron chi connectivity index (χ0n) is 12.2. The van der Waals surface area contributed by atoms with Crippen LogP contribution in [0.15, 0.2) is 41.3 Å². The number of carbonyl (C=O) groups is 1. The molecule has 6 nitrogen and oxygen atoms in total. The van der Waals surface area contributed by atoms with E-state index in [4.69, 9.17) is 9.47 Å². The fourth-order valence-electron chi connectivity index (χ4n) is 2.41. The van der Waals surface area contributed by atoms with Crippen LogP contribution in [0.4, 0.5) is 0 Å². The van der Waals surface area contributed by atoms with Gasteiger partial charge in [0.15, 0.2) is 5.75 Å². The summed E-state index contributed by atoms with van der Waals surface area (Å²) in [5, 5.41) is 0. The van der Waals surface area contributed by atoms with Gasteiger partial charge >= 0.3 is 0 Å². The van der Waals surface area contributed by atoms with E-state index in [9.17, 15) is 9.59 Å². The van der Waals surface area contributed by atoms with Crippen LogP contribution in [0.5, 0.6) is 11.5 Å². The molecule has 3 rings (SSSR count). The summed E-state index contributed by atoms with van der Waals surface area (Å²) in [4.78, 5) is 28.8. The number of aromatic amines is 1. The van der Waals surface area contributed by atoms with Crippen molar-refractivity contribution in [2.45, 2.75) is 6.54 Å². The molecular weight excluding hydrogens is 284 g/mol. The molecule has 0 atom stereocenters. The second-order valence-corrected chi connectivity index (χ2v) is 4.96. The molecule has 1 aliphatic rings. The van der Waals surface area contributed by atoms with Gasteiger partial charge in [-0.15, -0.1) is 0 Å². The lowest BCUT2D eigenvalue weighted by Gasteiger charge is -2.19. The molecule has 6 heteroatoms. The van der Waals surface area contributed by atoms with Crippen molar-refractivity contribution in [3.63, 3.8) is 0 Å². The van der Waals surface area contributed by atoms with E-state index in [1.807, 2.05) is 24.3 Å². The fraction of sp³-hybridized carbons (Fsp3) is 0.250. The lowest BCUT2D eigenvalue weighted by Crippen LogP contribution is -2.33. The SMILES string of the molecule is COc1c[nH]c(C(=O)N2CCOc3ccccc3C2)cc1=O. The van der Waals surface area contributed by atoms with Crippen molar-refractivity contribution in [1.82, 2.24) is 9.88 Å². The smallest absolute Gasteiger partial charge is 0.270 e. The van der Waals surface area contributed by atoms with Gasteiger partial charge in [-0.2, -0.15) is 0 Å². The third-order valence-electron chi connectivity index (χ3n) is 3.57. The highest BCUT2D eigenvalue weighted by Gasteiger charge is 2.21. The number of H-pyrrole nitrogens is 1. The van der Waals surface area contributed by atoms with Gasteiger partial charge in [0.05, 0.1) is 13.7 Å². The molecule has 1 aromatic carbocycles. The molecule has 0 aliphatic carbocycles. The lowest BCUT2D eigenvalue weighted by molar-refractivity contribution is 0.0727. The van der Waals surface area contributed by atoms with Crippen LogP contribution in [-0.4, -0.2) is 36.1 Å². The van der Waals surface area contributed by atoms with Gasteiger partial charge in [-0.1, -0.05) is 18.2 Å². The van der Waals surface area contributed by atoms with Crippen LogP contribution in [0.3, 0.4) is 0 Å². The average molecular weight is 300 g/mol. The molecule has 0 bridgehead atoms. The molecule has 114 valence electrons. The Hall–Kier alpha value is -2.76. The number of pyridine rings is 1. The lowest BCUT2D eigenvalue weighted by atomic mass is 10.2. The number of carbonyl (C=O) groups excluding carboxylic acids is 1. The normalized spacial score (nSPS) is 13.8. The minimum absolute atomic E-state index is 0.182. The monoisotopic (exact) mass is 300 g/mol. The minimum Gasteiger partial charge on any atom is -0.491 e. The summed E-state index contributed by atoms with van der Waals surface area (Å²) >= 11 is 0. The van der Waals surface area contributed by atoms with Gasteiger partial charge in [-0.05, 0) is 6.07 Å². The number of methoxy groups -OCH3 is 1. The number of rotatable bonds is 2. The molecule has 1 aromatic heterocycles. The molecule has 2 aromatic rings. The Morgan fingerprint density at radius 2 is 2.18 bits per heavy atom. The molecule has 0 unspecified atom stereocenters. The highest BCUT2D eigenvalue weighted by atomic mass is 16.5. The number of para-hydroxylation sites is 1. The standard InChI is InChI=1S/C16H16N2O4/c1-21-15-9-17-12(8-13(15)19)16(20)18-6-7-22-14-5-3-2-4-11(14)10-18/h2-5,8-9H,6-7,10H2,1H3,(H,17,19). The maximum absolute atomic E-state index is 12.6. The van der Waals surface area contributed by atoms with Crippen molar-refractivity contribution >= 4 is 5.91 Å². The zero-order chi connectivity index (χ0) is 15.5. The van der Waals surface area contributed by atoms with Gasteiger partial charge in [0.2, 0.25) is 5.43 Å². The highest BCUT2D eigenvalue weighted by Crippen LogP contribution is 2.23. The van der Waals surface area contributed by atoms with Gasteiger partial charge in [0.1, 0.15) is 18.1 Å². The molecular formula is C16H16N2O4. The van der Waals surface area contributed by atoms with Gasteiger partial charge in [-0.25, -0.2) is 0 Å². The Kier molecular flexibility index (Phi) is 3.82. The Morgan fingerprint density at radius 3 is 2.95 bits per heavy atom. The number of fused-ring (bicyclic) bond motifs is 1. The number of ether oxygens (including phenoxy) is 2. The molecule has 0 saturated heterocycles. The summed E-state index contributed by atoms with van der Waals surface area (Å²) in [5.41, 5.74) is 0.866. The first-order valence-electron chi connectivity index (χ1n) is 6.96. The number of hydrogen-bond acceptors (Lipinski definition) is 4. The Morgan fingerprint density at radius 1 is 1.36 bits per heavy atom. The summed E-state index contributed by atoms with van der Waals surface area (Å²) in [7, 11) is 1.41. The van der Waals surface area contributed by atoms with Crippen LogP contribution >= 0.6 is 0 Å². The van der Waals surface area contributed by atoms with E-state index in [-0.39, 0.29) is 22.8 Å². The zero-order valence-corrected chi connectivity index (χ0v) is 12.2. The van der Waals surface area contributed by atoms with Crippen LogP contribution in [0.25, 0.3) is 0 Å². The first kappa shape index (κ1) is 14.2. The van der Waals surface area contributed by atoms with Crippen LogP contribution < -0.4 is 14.9 Å². The highest BCUT2D eigenvalue weighted by molar-refractivity contribution is 5.92. The van der Waals surface area contributed by atoms with Gasteiger partial charge in [-0.3, -0.25) is 9.59 Å². The third kappa shape index (κ3) is 2.67. The average Bonchev–Trinajstić information content (AvgIpc) is 2.76. The van der Waals surface area contributed by atoms with E-state index in [1.54, 1.807) is 4.90 Å². The van der Waals surface area contributed by atoms with Crippen molar-refractivity contribution in [3.05, 3.63) is 58.0 Å². The topological polar surface area (TPSA) is 71.6 Å². The summed E-state index contributed by atoms with van der Waals surface area (Å²) in [6.07, 6.45) is 1.40. The molecule has 2 heterocycles. The maximum atomic E-state index is 12.6. The van der Waals surface area contributed by atoms with Gasteiger partial charge in [0.25, 0.3) is 5.91 Å². The molecule has 0 fully saturated rings. The molecule has 1 aliphatic heterocycles. The van der Waals surface area contributed by atoms with Crippen molar-refractivity contribution in [1.29, 1.82) is 0 Å². The Labute approximate surface area is 127 Å².